The first kappa shape index (κ1) is 16.7. The molecule has 0 saturated carbocycles. The molecule has 4 aromatic rings. The molecule has 0 spiro atoms. The molecule has 0 bridgehead atoms. The summed E-state index contributed by atoms with van der Waals surface area (Å²) in [6, 6.07) is 9.42. The van der Waals surface area contributed by atoms with Crippen molar-refractivity contribution in [3.63, 3.8) is 0 Å². The Morgan fingerprint density at radius 3 is 3.08 bits per heavy atom. The van der Waals surface area contributed by atoms with Gasteiger partial charge in [-0.2, -0.15) is 0 Å². The lowest BCUT2D eigenvalue weighted by Crippen LogP contribution is -2.12. The zero-order valence-corrected chi connectivity index (χ0v) is 16.6. The lowest BCUT2D eigenvalue weighted by molar-refractivity contribution is 1.01. The Kier molecular flexibility index (Phi) is 4.84. The molecule has 126 valence electrons. The first-order valence-electron chi connectivity index (χ1n) is 7.12. The van der Waals surface area contributed by atoms with E-state index in [1.54, 1.807) is 16.7 Å². The molecule has 0 saturated heterocycles. The van der Waals surface area contributed by atoms with Crippen molar-refractivity contribution in [2.75, 3.05) is 5.32 Å². The van der Waals surface area contributed by atoms with E-state index in [4.69, 9.17) is 0 Å². The van der Waals surface area contributed by atoms with E-state index in [9.17, 15) is 4.79 Å². The number of hydrogen-bond donors (Lipinski definition) is 1. The van der Waals surface area contributed by atoms with E-state index in [1.807, 2.05) is 29.6 Å². The highest BCUT2D eigenvalue weighted by atomic mass is 79.9. The van der Waals surface area contributed by atoms with E-state index in [0.29, 0.717) is 10.7 Å². The highest BCUT2D eigenvalue weighted by Gasteiger charge is 2.08. The molecule has 0 atom stereocenters. The summed E-state index contributed by atoms with van der Waals surface area (Å²) in [5.41, 5.74) is 1.63. The second kappa shape index (κ2) is 7.24. The van der Waals surface area contributed by atoms with Crippen LogP contribution in [0.1, 0.15) is 5.69 Å². The zero-order chi connectivity index (χ0) is 17.2. The van der Waals surface area contributed by atoms with Gasteiger partial charge < -0.3 is 5.32 Å². The first-order valence-corrected chi connectivity index (χ1v) is 10.6. The second-order valence-corrected chi connectivity index (χ2v) is 8.93. The highest BCUT2D eigenvalue weighted by molar-refractivity contribution is 9.10. The Morgan fingerprint density at radius 1 is 1.28 bits per heavy atom. The van der Waals surface area contributed by atoms with E-state index < -0.39 is 0 Å². The molecule has 4 rings (SSSR count). The number of rotatable bonds is 5. The molecule has 10 heteroatoms. The van der Waals surface area contributed by atoms with Crippen LogP contribution in [0.15, 0.2) is 55.5 Å². The number of hydrogen-bond acceptors (Lipinski definition) is 8. The topological polar surface area (TPSA) is 72.2 Å². The van der Waals surface area contributed by atoms with Crippen molar-refractivity contribution in [2.45, 2.75) is 10.1 Å². The molecule has 3 heterocycles. The van der Waals surface area contributed by atoms with Crippen molar-refractivity contribution >= 4 is 66.1 Å². The number of aromatic nitrogens is 4. The number of thiazole rings is 1. The van der Waals surface area contributed by atoms with Crippen LogP contribution < -0.4 is 10.9 Å². The van der Waals surface area contributed by atoms with Gasteiger partial charge in [0.1, 0.15) is 0 Å². The SMILES string of the molecule is O=c1cc(CSc2nnc(Nc3cccc(Br)c3)s2)nc2sccn12. The van der Waals surface area contributed by atoms with E-state index in [-0.39, 0.29) is 5.56 Å². The quantitative estimate of drug-likeness (QED) is 0.453. The first-order chi connectivity index (χ1) is 12.2. The van der Waals surface area contributed by atoms with Gasteiger partial charge in [-0.3, -0.25) is 9.20 Å². The maximum atomic E-state index is 12.0. The molecule has 3 aromatic heterocycles. The molecule has 0 aliphatic carbocycles. The third kappa shape index (κ3) is 3.92. The van der Waals surface area contributed by atoms with Gasteiger partial charge in [-0.1, -0.05) is 45.1 Å². The Labute approximate surface area is 163 Å². The summed E-state index contributed by atoms with van der Waals surface area (Å²) < 4.78 is 3.37. The molecular formula is C15H10BrN5OS3. The van der Waals surface area contributed by atoms with Crippen LogP contribution in [-0.4, -0.2) is 19.6 Å². The standard InChI is InChI=1S/C15H10BrN5OS3/c16-9-2-1-3-10(6-9)17-13-19-20-15(25-13)24-8-11-7-12(22)21-4-5-23-14(21)18-11/h1-7H,8H2,(H,17,19). The Bertz CT molecular complexity index is 1090. The van der Waals surface area contributed by atoms with Crippen LogP contribution in [0.4, 0.5) is 10.8 Å². The lowest BCUT2D eigenvalue weighted by Gasteiger charge is -2.01. The number of thioether (sulfide) groups is 1. The fraction of sp³-hybridized carbons (Fsp3) is 0.0667. The molecule has 0 fully saturated rings. The average molecular weight is 452 g/mol. The fourth-order valence-electron chi connectivity index (χ4n) is 2.11. The van der Waals surface area contributed by atoms with Gasteiger partial charge >= 0.3 is 0 Å². The fourth-order valence-corrected chi connectivity index (χ4v) is 4.91. The summed E-state index contributed by atoms with van der Waals surface area (Å²) in [7, 11) is 0. The maximum absolute atomic E-state index is 12.0. The van der Waals surface area contributed by atoms with Crippen molar-refractivity contribution in [2.24, 2.45) is 0 Å². The van der Waals surface area contributed by atoms with E-state index >= 15 is 0 Å². The molecule has 1 N–H and O–H groups in total. The van der Waals surface area contributed by atoms with Gasteiger partial charge in [-0.15, -0.1) is 21.5 Å². The van der Waals surface area contributed by atoms with Crippen molar-refractivity contribution in [3.8, 4) is 0 Å². The van der Waals surface area contributed by atoms with Crippen molar-refractivity contribution in [1.82, 2.24) is 19.6 Å². The molecular weight excluding hydrogens is 442 g/mol. The Hall–Kier alpha value is -1.75. The monoisotopic (exact) mass is 451 g/mol. The number of benzene rings is 1. The second-order valence-electron chi connectivity index (χ2n) is 4.94. The van der Waals surface area contributed by atoms with Gasteiger partial charge in [-0.05, 0) is 18.2 Å². The van der Waals surface area contributed by atoms with Gasteiger partial charge in [0.2, 0.25) is 5.13 Å². The average Bonchev–Trinajstić information content (AvgIpc) is 3.22. The summed E-state index contributed by atoms with van der Waals surface area (Å²) in [5.74, 6) is 0.579. The van der Waals surface area contributed by atoms with Crippen LogP contribution in [0.5, 0.6) is 0 Å². The number of nitrogens with one attached hydrogen (secondary N) is 1. The smallest absolute Gasteiger partial charge is 0.258 e. The zero-order valence-electron chi connectivity index (χ0n) is 12.5. The summed E-state index contributed by atoms with van der Waals surface area (Å²) in [4.78, 5) is 17.2. The molecule has 0 radical (unpaired) electrons. The summed E-state index contributed by atoms with van der Waals surface area (Å²) in [6.07, 6.45) is 1.73. The third-order valence-corrected chi connectivity index (χ3v) is 6.44. The molecule has 0 aliphatic rings. The van der Waals surface area contributed by atoms with Gasteiger partial charge in [-0.25, -0.2) is 4.98 Å². The molecule has 1 aromatic carbocycles. The normalized spacial score (nSPS) is 11.1. The predicted octanol–water partition coefficient (Wildman–Crippen LogP) is 4.41. The summed E-state index contributed by atoms with van der Waals surface area (Å²) >= 11 is 7.87. The third-order valence-electron chi connectivity index (χ3n) is 3.18. The van der Waals surface area contributed by atoms with Crippen LogP contribution in [-0.2, 0) is 5.75 Å². The van der Waals surface area contributed by atoms with Crippen LogP contribution in [0, 0.1) is 0 Å². The van der Waals surface area contributed by atoms with Crippen LogP contribution in [0.3, 0.4) is 0 Å². The van der Waals surface area contributed by atoms with Gasteiger partial charge in [0.05, 0.1) is 5.69 Å². The summed E-state index contributed by atoms with van der Waals surface area (Å²) in [6.45, 7) is 0. The minimum atomic E-state index is -0.0591. The predicted molar refractivity (Wildman–Crippen MR) is 106 cm³/mol. The maximum Gasteiger partial charge on any atom is 0.258 e. The number of anilines is 2. The van der Waals surface area contributed by atoms with E-state index in [0.717, 1.165) is 25.3 Å². The largest absolute Gasteiger partial charge is 0.330 e. The molecule has 6 nitrogen and oxygen atoms in total. The molecule has 25 heavy (non-hydrogen) atoms. The van der Waals surface area contributed by atoms with Crippen molar-refractivity contribution < 1.29 is 0 Å². The minimum absolute atomic E-state index is 0.0591. The van der Waals surface area contributed by atoms with Crippen LogP contribution >= 0.6 is 50.4 Å². The van der Waals surface area contributed by atoms with Gasteiger partial charge in [0.15, 0.2) is 9.30 Å². The molecule has 0 unspecified atom stereocenters. The lowest BCUT2D eigenvalue weighted by atomic mass is 10.3. The Morgan fingerprint density at radius 2 is 2.20 bits per heavy atom. The van der Waals surface area contributed by atoms with Gasteiger partial charge in [0.25, 0.3) is 5.56 Å². The number of nitrogens with zero attached hydrogens (tertiary/aromatic N) is 4. The number of fused-ring (bicyclic) bond motifs is 1. The highest BCUT2D eigenvalue weighted by Crippen LogP contribution is 2.30. The minimum Gasteiger partial charge on any atom is -0.330 e. The van der Waals surface area contributed by atoms with Gasteiger partial charge in [0, 0.05) is 33.6 Å². The molecule has 0 amide bonds. The summed E-state index contributed by atoms with van der Waals surface area (Å²) in [5, 5.41) is 14.1. The van der Waals surface area contributed by atoms with Crippen LogP contribution in [0.2, 0.25) is 0 Å². The van der Waals surface area contributed by atoms with Crippen molar-refractivity contribution in [1.29, 1.82) is 0 Å². The Balaban J connectivity index is 1.44. The molecule has 0 aliphatic heterocycles. The van der Waals surface area contributed by atoms with Crippen molar-refractivity contribution in [3.05, 3.63) is 62.4 Å². The van der Waals surface area contributed by atoms with E-state index in [2.05, 4.69) is 36.4 Å². The number of halogens is 1. The van der Waals surface area contributed by atoms with E-state index in [1.165, 1.54) is 34.4 Å². The van der Waals surface area contributed by atoms with Crippen LogP contribution in [0.25, 0.3) is 4.96 Å².